The number of rotatable bonds is 13. The van der Waals surface area contributed by atoms with Gasteiger partial charge in [-0.3, -0.25) is 13.9 Å². The van der Waals surface area contributed by atoms with Crippen LogP contribution < -0.4 is 14.4 Å². The van der Waals surface area contributed by atoms with Gasteiger partial charge < -0.3 is 15.0 Å². The molecule has 3 aromatic carbocycles. The van der Waals surface area contributed by atoms with Crippen molar-refractivity contribution in [2.75, 3.05) is 18.0 Å². The molecule has 3 rings (SSSR count). The Kier molecular flexibility index (Phi) is 11.2. The maximum absolute atomic E-state index is 14.1. The highest BCUT2D eigenvalue weighted by Crippen LogP contribution is 2.26. The minimum absolute atomic E-state index is 0.000495. The van der Waals surface area contributed by atoms with Gasteiger partial charge in [0.25, 0.3) is 10.0 Å². The van der Waals surface area contributed by atoms with E-state index >= 15 is 0 Å². The summed E-state index contributed by atoms with van der Waals surface area (Å²) in [6.07, 6.45) is 1.08. The molecule has 8 nitrogen and oxygen atoms in total. The lowest BCUT2D eigenvalue weighted by molar-refractivity contribution is -0.140. The molecule has 3 aromatic rings. The lowest BCUT2D eigenvalue weighted by Gasteiger charge is -2.33. The number of sulfonamides is 1. The van der Waals surface area contributed by atoms with Crippen molar-refractivity contribution < 1.29 is 22.7 Å². The van der Waals surface area contributed by atoms with Gasteiger partial charge in [-0.1, -0.05) is 49.7 Å². The van der Waals surface area contributed by atoms with Gasteiger partial charge in [0.05, 0.1) is 17.7 Å². The first kappa shape index (κ1) is 32.0. The molecule has 0 fully saturated rings. The molecule has 0 saturated heterocycles. The summed E-state index contributed by atoms with van der Waals surface area (Å²) in [6, 6.07) is 19.1. The van der Waals surface area contributed by atoms with Crippen molar-refractivity contribution in [3.05, 3.63) is 88.9 Å². The molecule has 2 amide bonds. The number of benzene rings is 3. The SMILES string of the molecule is CC[C@@H](C)NC(=O)[C@H](CC)N(Cc1ccc(OC)cc1)C(=O)CN(c1cccc(C)c1)S(=O)(=O)c1ccc(Cl)cc1. The van der Waals surface area contributed by atoms with E-state index in [1.807, 2.05) is 45.9 Å². The Bertz CT molecular complexity index is 1430. The fourth-order valence-electron chi connectivity index (χ4n) is 4.33. The minimum Gasteiger partial charge on any atom is -0.497 e. The normalized spacial score (nSPS) is 12.7. The standard InChI is InChI=1S/C31H38ClN3O5S/c1-6-23(4)33-31(37)29(7-2)34(20-24-11-15-27(40-5)16-12-24)30(36)21-35(26-10-8-9-22(3)19-26)41(38,39)28-17-13-25(32)14-18-28/h8-19,23,29H,6-7,20-21H2,1-5H3,(H,33,37)/t23-,29+/m1/s1. The van der Waals surface area contributed by atoms with Crippen LogP contribution in [0.1, 0.15) is 44.7 Å². The average Bonchev–Trinajstić information content (AvgIpc) is 2.96. The number of carbonyl (C=O) groups excluding carboxylic acids is 2. The second kappa shape index (κ2) is 14.4. The minimum atomic E-state index is -4.16. The molecule has 10 heteroatoms. The largest absolute Gasteiger partial charge is 0.497 e. The van der Waals surface area contributed by atoms with E-state index in [1.165, 1.54) is 29.2 Å². The number of amides is 2. The molecule has 41 heavy (non-hydrogen) atoms. The quantitative estimate of drug-likeness (QED) is 0.277. The van der Waals surface area contributed by atoms with Crippen molar-refractivity contribution in [1.82, 2.24) is 10.2 Å². The van der Waals surface area contributed by atoms with Crippen LogP contribution in [0.15, 0.2) is 77.7 Å². The van der Waals surface area contributed by atoms with Crippen LogP contribution in [-0.2, 0) is 26.2 Å². The second-order valence-corrected chi connectivity index (χ2v) is 12.2. The molecule has 0 unspecified atom stereocenters. The van der Waals surface area contributed by atoms with Crippen LogP contribution in [-0.4, -0.2) is 50.9 Å². The number of nitrogens with zero attached hydrogens (tertiary/aromatic N) is 2. The zero-order valence-corrected chi connectivity index (χ0v) is 25.7. The van der Waals surface area contributed by atoms with Crippen molar-refractivity contribution in [3.63, 3.8) is 0 Å². The number of aryl methyl sites for hydroxylation is 1. The number of anilines is 1. The number of hydrogen-bond donors (Lipinski definition) is 1. The molecule has 0 aliphatic heterocycles. The van der Waals surface area contributed by atoms with Crippen molar-refractivity contribution in [2.24, 2.45) is 0 Å². The van der Waals surface area contributed by atoms with Gasteiger partial charge in [0.2, 0.25) is 11.8 Å². The average molecular weight is 600 g/mol. The lowest BCUT2D eigenvalue weighted by Crippen LogP contribution is -2.53. The molecule has 0 aromatic heterocycles. The van der Waals surface area contributed by atoms with Crippen molar-refractivity contribution in [3.8, 4) is 5.75 Å². The van der Waals surface area contributed by atoms with Crippen LogP contribution in [0.2, 0.25) is 5.02 Å². The van der Waals surface area contributed by atoms with E-state index in [4.69, 9.17) is 16.3 Å². The smallest absolute Gasteiger partial charge is 0.264 e. The molecule has 1 N–H and O–H groups in total. The number of nitrogens with one attached hydrogen (secondary N) is 1. The number of carbonyl (C=O) groups is 2. The zero-order chi connectivity index (χ0) is 30.2. The molecule has 0 spiro atoms. The van der Waals surface area contributed by atoms with Gasteiger partial charge in [0.1, 0.15) is 18.3 Å². The highest BCUT2D eigenvalue weighted by molar-refractivity contribution is 7.92. The van der Waals surface area contributed by atoms with Gasteiger partial charge in [-0.2, -0.15) is 0 Å². The van der Waals surface area contributed by atoms with Gasteiger partial charge >= 0.3 is 0 Å². The highest BCUT2D eigenvalue weighted by atomic mass is 35.5. The Hall–Kier alpha value is -3.56. The van der Waals surface area contributed by atoms with E-state index in [-0.39, 0.29) is 23.4 Å². The lowest BCUT2D eigenvalue weighted by atomic mass is 10.1. The molecule has 0 saturated carbocycles. The summed E-state index contributed by atoms with van der Waals surface area (Å²) < 4.78 is 34.2. The number of ether oxygens (including phenoxy) is 1. The van der Waals surface area contributed by atoms with Gasteiger partial charge in [-0.05, 0) is 86.3 Å². The van der Waals surface area contributed by atoms with Crippen LogP contribution in [0.25, 0.3) is 0 Å². The zero-order valence-electron chi connectivity index (χ0n) is 24.1. The van der Waals surface area contributed by atoms with Gasteiger partial charge in [0.15, 0.2) is 0 Å². The maximum atomic E-state index is 14.1. The molecule has 0 aliphatic rings. The van der Waals surface area contributed by atoms with E-state index in [2.05, 4.69) is 5.32 Å². The third-order valence-electron chi connectivity index (χ3n) is 6.87. The molecule has 0 radical (unpaired) electrons. The third-order valence-corrected chi connectivity index (χ3v) is 8.91. The molecule has 0 heterocycles. The Morgan fingerprint density at radius 1 is 0.976 bits per heavy atom. The number of methoxy groups -OCH3 is 1. The summed E-state index contributed by atoms with van der Waals surface area (Å²) in [5.41, 5.74) is 1.95. The predicted molar refractivity (Wildman–Crippen MR) is 163 cm³/mol. The molecular formula is C31H38ClN3O5S. The van der Waals surface area contributed by atoms with Crippen LogP contribution in [0.3, 0.4) is 0 Å². The Balaban J connectivity index is 2.05. The summed E-state index contributed by atoms with van der Waals surface area (Å²) in [5, 5.41) is 3.37. The van der Waals surface area contributed by atoms with E-state index in [0.717, 1.165) is 21.9 Å². The highest BCUT2D eigenvalue weighted by Gasteiger charge is 2.34. The molecule has 220 valence electrons. The monoisotopic (exact) mass is 599 g/mol. The number of halogens is 1. The van der Waals surface area contributed by atoms with Crippen molar-refractivity contribution in [2.45, 2.75) is 64.1 Å². The summed E-state index contributed by atoms with van der Waals surface area (Å²) >= 11 is 6.01. The Morgan fingerprint density at radius 2 is 1.63 bits per heavy atom. The summed E-state index contributed by atoms with van der Waals surface area (Å²) in [4.78, 5) is 28.9. The van der Waals surface area contributed by atoms with Crippen LogP contribution >= 0.6 is 11.6 Å². The third kappa shape index (κ3) is 8.24. The molecule has 0 aliphatic carbocycles. The van der Waals surface area contributed by atoms with Crippen LogP contribution in [0, 0.1) is 6.92 Å². The Morgan fingerprint density at radius 3 is 2.20 bits per heavy atom. The summed E-state index contributed by atoms with van der Waals surface area (Å²) in [6.45, 7) is 7.15. The summed E-state index contributed by atoms with van der Waals surface area (Å²) in [5.74, 6) is -0.134. The van der Waals surface area contributed by atoms with Crippen LogP contribution in [0.5, 0.6) is 5.75 Å². The van der Waals surface area contributed by atoms with Gasteiger partial charge in [-0.15, -0.1) is 0 Å². The van der Waals surface area contributed by atoms with Gasteiger partial charge in [-0.25, -0.2) is 8.42 Å². The van der Waals surface area contributed by atoms with E-state index in [1.54, 1.807) is 37.4 Å². The Labute approximate surface area is 248 Å². The van der Waals surface area contributed by atoms with Crippen molar-refractivity contribution in [1.29, 1.82) is 0 Å². The fourth-order valence-corrected chi connectivity index (χ4v) is 5.87. The topological polar surface area (TPSA) is 96.0 Å². The van der Waals surface area contributed by atoms with Crippen LogP contribution in [0.4, 0.5) is 5.69 Å². The van der Waals surface area contributed by atoms with E-state index < -0.39 is 28.5 Å². The van der Waals surface area contributed by atoms with Gasteiger partial charge in [0, 0.05) is 17.6 Å². The fraction of sp³-hybridized carbons (Fsp3) is 0.355. The predicted octanol–water partition coefficient (Wildman–Crippen LogP) is 5.57. The molecular weight excluding hydrogens is 562 g/mol. The first-order valence-electron chi connectivity index (χ1n) is 13.6. The first-order chi connectivity index (χ1) is 19.5. The van der Waals surface area contributed by atoms with E-state index in [9.17, 15) is 18.0 Å². The summed E-state index contributed by atoms with van der Waals surface area (Å²) in [7, 11) is -2.60. The second-order valence-electron chi connectivity index (χ2n) is 9.92. The maximum Gasteiger partial charge on any atom is 0.264 e. The molecule has 2 atom stereocenters. The van der Waals surface area contributed by atoms with E-state index in [0.29, 0.717) is 22.9 Å². The van der Waals surface area contributed by atoms with Crippen molar-refractivity contribution >= 4 is 39.1 Å². The first-order valence-corrected chi connectivity index (χ1v) is 15.4. The molecule has 0 bridgehead atoms. The number of hydrogen-bond acceptors (Lipinski definition) is 5.